The first-order valence-corrected chi connectivity index (χ1v) is 3.52. The highest BCUT2D eigenvalue weighted by Gasteiger charge is 2.02. The molecule has 1 aliphatic rings. The van der Waals surface area contributed by atoms with E-state index in [9.17, 15) is 0 Å². The molecule has 0 aromatic heterocycles. The van der Waals surface area contributed by atoms with E-state index in [0.29, 0.717) is 0 Å². The smallest absolute Gasteiger partial charge is 0.0401 e. The average molecular weight is 148 g/mol. The van der Waals surface area contributed by atoms with E-state index in [0.717, 1.165) is 12.1 Å². The zero-order chi connectivity index (χ0) is 8.10. The highest BCUT2D eigenvalue weighted by molar-refractivity contribution is 5.43. The highest BCUT2D eigenvalue weighted by atomic mass is 14.8. The van der Waals surface area contributed by atoms with Gasteiger partial charge in [-0.3, -0.25) is 0 Å². The van der Waals surface area contributed by atoms with Crippen LogP contribution in [0.15, 0.2) is 48.4 Å². The van der Waals surface area contributed by atoms with E-state index < -0.39 is 0 Å². The van der Waals surface area contributed by atoms with Gasteiger partial charge in [0.15, 0.2) is 0 Å². The third-order valence-corrected chi connectivity index (χ3v) is 1.54. The lowest BCUT2D eigenvalue weighted by molar-refractivity contribution is 0.921. The van der Waals surface area contributed by atoms with Crippen LogP contribution in [0.4, 0.5) is 0 Å². The standard InChI is InChI=1S/C9H12N2/c1-2-3-9-7-11-5-4-8(9)6-10/h2-6,11H,1,7,10H2/b8-6-,9-3-. The molecular formula is C9H12N2. The predicted molar refractivity (Wildman–Crippen MR) is 47.7 cm³/mol. The molecule has 58 valence electrons. The molecule has 3 N–H and O–H groups in total. The molecule has 0 unspecified atom stereocenters. The normalized spacial score (nSPS) is 23.6. The van der Waals surface area contributed by atoms with Gasteiger partial charge in [0.1, 0.15) is 0 Å². The third kappa shape index (κ3) is 1.74. The van der Waals surface area contributed by atoms with Crippen molar-refractivity contribution in [2.45, 2.75) is 0 Å². The molecule has 0 fully saturated rings. The Morgan fingerprint density at radius 3 is 3.09 bits per heavy atom. The molecular weight excluding hydrogens is 136 g/mol. The van der Waals surface area contributed by atoms with Gasteiger partial charge < -0.3 is 11.1 Å². The second kappa shape index (κ2) is 3.66. The minimum Gasteiger partial charge on any atom is -0.404 e. The fourth-order valence-corrected chi connectivity index (χ4v) is 0.987. The van der Waals surface area contributed by atoms with Crippen LogP contribution in [-0.2, 0) is 0 Å². The van der Waals surface area contributed by atoms with Gasteiger partial charge in [0.05, 0.1) is 0 Å². The number of hydrogen-bond donors (Lipinski definition) is 2. The van der Waals surface area contributed by atoms with Crippen LogP contribution in [-0.4, -0.2) is 6.54 Å². The molecule has 0 saturated carbocycles. The van der Waals surface area contributed by atoms with E-state index in [-0.39, 0.29) is 0 Å². The molecule has 0 aliphatic carbocycles. The van der Waals surface area contributed by atoms with Crippen molar-refractivity contribution in [1.82, 2.24) is 5.32 Å². The Hall–Kier alpha value is -1.44. The number of hydrogen-bond acceptors (Lipinski definition) is 2. The van der Waals surface area contributed by atoms with E-state index in [2.05, 4.69) is 11.9 Å². The molecule has 0 bridgehead atoms. The maximum atomic E-state index is 5.41. The summed E-state index contributed by atoms with van der Waals surface area (Å²) in [5.41, 5.74) is 7.64. The van der Waals surface area contributed by atoms with Crippen LogP contribution in [0.2, 0.25) is 0 Å². The quantitative estimate of drug-likeness (QED) is 0.583. The molecule has 0 atom stereocenters. The molecule has 2 nitrogen and oxygen atoms in total. The molecule has 2 heteroatoms. The predicted octanol–water partition coefficient (Wildman–Crippen LogP) is 1.06. The summed E-state index contributed by atoms with van der Waals surface area (Å²) in [5.74, 6) is 0. The largest absolute Gasteiger partial charge is 0.404 e. The molecule has 0 aromatic carbocycles. The van der Waals surface area contributed by atoms with Crippen LogP contribution in [0, 0.1) is 0 Å². The van der Waals surface area contributed by atoms with Gasteiger partial charge in [0.2, 0.25) is 0 Å². The molecule has 1 rings (SSSR count). The molecule has 11 heavy (non-hydrogen) atoms. The van der Waals surface area contributed by atoms with Gasteiger partial charge in [-0.1, -0.05) is 18.7 Å². The first kappa shape index (κ1) is 7.66. The van der Waals surface area contributed by atoms with Gasteiger partial charge in [-0.15, -0.1) is 0 Å². The summed E-state index contributed by atoms with van der Waals surface area (Å²) in [5, 5.41) is 3.09. The summed E-state index contributed by atoms with van der Waals surface area (Å²) < 4.78 is 0. The van der Waals surface area contributed by atoms with Crippen molar-refractivity contribution in [3.05, 3.63) is 48.4 Å². The molecule has 0 radical (unpaired) electrons. The molecule has 0 saturated heterocycles. The molecule has 0 aromatic rings. The summed E-state index contributed by atoms with van der Waals surface area (Å²) in [7, 11) is 0. The number of allylic oxidation sites excluding steroid dienone is 3. The van der Waals surface area contributed by atoms with Crippen molar-refractivity contribution in [2.75, 3.05) is 6.54 Å². The van der Waals surface area contributed by atoms with E-state index in [4.69, 9.17) is 5.73 Å². The first-order chi connectivity index (χ1) is 5.38. The molecule has 1 heterocycles. The van der Waals surface area contributed by atoms with E-state index in [1.165, 1.54) is 5.57 Å². The second-order valence-electron chi connectivity index (χ2n) is 2.26. The zero-order valence-corrected chi connectivity index (χ0v) is 6.38. The average Bonchev–Trinajstić information content (AvgIpc) is 2.06. The van der Waals surface area contributed by atoms with Gasteiger partial charge in [-0.25, -0.2) is 0 Å². The van der Waals surface area contributed by atoms with E-state index in [1.54, 1.807) is 12.3 Å². The van der Waals surface area contributed by atoms with Crippen LogP contribution in [0.1, 0.15) is 0 Å². The summed E-state index contributed by atoms with van der Waals surface area (Å²) >= 11 is 0. The zero-order valence-electron chi connectivity index (χ0n) is 6.38. The van der Waals surface area contributed by atoms with Crippen molar-refractivity contribution in [2.24, 2.45) is 5.73 Å². The van der Waals surface area contributed by atoms with Gasteiger partial charge >= 0.3 is 0 Å². The fraction of sp³-hybridized carbons (Fsp3) is 0.111. The van der Waals surface area contributed by atoms with Crippen LogP contribution in [0.25, 0.3) is 0 Å². The van der Waals surface area contributed by atoms with Crippen LogP contribution in [0.3, 0.4) is 0 Å². The lowest BCUT2D eigenvalue weighted by atomic mass is 10.0. The lowest BCUT2D eigenvalue weighted by Gasteiger charge is -2.12. The van der Waals surface area contributed by atoms with Crippen molar-refractivity contribution >= 4 is 0 Å². The highest BCUT2D eigenvalue weighted by Crippen LogP contribution is 2.12. The van der Waals surface area contributed by atoms with Gasteiger partial charge in [-0.05, 0) is 23.4 Å². The summed E-state index contributed by atoms with van der Waals surface area (Å²) in [4.78, 5) is 0. The Balaban J connectivity index is 2.88. The Morgan fingerprint density at radius 2 is 2.45 bits per heavy atom. The van der Waals surface area contributed by atoms with Crippen LogP contribution in [0.5, 0.6) is 0 Å². The number of nitrogens with one attached hydrogen (secondary N) is 1. The molecule has 0 amide bonds. The Morgan fingerprint density at radius 1 is 1.64 bits per heavy atom. The minimum absolute atomic E-state index is 0.825. The number of rotatable bonds is 1. The molecule has 1 aliphatic heterocycles. The summed E-state index contributed by atoms with van der Waals surface area (Å²) in [6.45, 7) is 4.45. The third-order valence-electron chi connectivity index (χ3n) is 1.54. The second-order valence-corrected chi connectivity index (χ2v) is 2.26. The first-order valence-electron chi connectivity index (χ1n) is 3.52. The molecule has 0 spiro atoms. The fourth-order valence-electron chi connectivity index (χ4n) is 0.987. The van der Waals surface area contributed by atoms with E-state index >= 15 is 0 Å². The maximum Gasteiger partial charge on any atom is 0.0401 e. The Bertz CT molecular complexity index is 234. The monoisotopic (exact) mass is 148 g/mol. The van der Waals surface area contributed by atoms with Crippen molar-refractivity contribution in [3.63, 3.8) is 0 Å². The Labute approximate surface area is 66.8 Å². The van der Waals surface area contributed by atoms with Crippen molar-refractivity contribution in [1.29, 1.82) is 0 Å². The van der Waals surface area contributed by atoms with E-state index in [1.807, 2.05) is 18.4 Å². The van der Waals surface area contributed by atoms with Crippen LogP contribution >= 0.6 is 0 Å². The van der Waals surface area contributed by atoms with Crippen LogP contribution < -0.4 is 11.1 Å². The minimum atomic E-state index is 0.825. The topological polar surface area (TPSA) is 38.0 Å². The number of nitrogens with two attached hydrogens (primary N) is 1. The van der Waals surface area contributed by atoms with Gasteiger partial charge in [0.25, 0.3) is 0 Å². The van der Waals surface area contributed by atoms with Crippen molar-refractivity contribution in [3.8, 4) is 0 Å². The lowest BCUT2D eigenvalue weighted by Crippen LogP contribution is -2.15. The van der Waals surface area contributed by atoms with Crippen molar-refractivity contribution < 1.29 is 0 Å². The maximum absolute atomic E-state index is 5.41. The summed E-state index contributed by atoms with van der Waals surface area (Å²) in [6.07, 6.45) is 9.15. The SMILES string of the molecule is C=C/C=C1/CNC=C/C1=C/N. The van der Waals surface area contributed by atoms with Gasteiger partial charge in [0, 0.05) is 12.7 Å². The van der Waals surface area contributed by atoms with Gasteiger partial charge in [-0.2, -0.15) is 0 Å². The summed E-state index contributed by atoms with van der Waals surface area (Å²) in [6, 6.07) is 0. The Kier molecular flexibility index (Phi) is 2.55.